The van der Waals surface area contributed by atoms with Gasteiger partial charge in [-0.15, -0.1) is 0 Å². The lowest BCUT2D eigenvalue weighted by molar-refractivity contribution is 0.261. The maximum Gasteiger partial charge on any atom is 0.161 e. The Balaban J connectivity index is 2.65. The van der Waals surface area contributed by atoms with Crippen LogP contribution >= 0.6 is 0 Å². The van der Waals surface area contributed by atoms with Gasteiger partial charge in [0.05, 0.1) is 13.2 Å². The summed E-state index contributed by atoms with van der Waals surface area (Å²) in [6, 6.07) is 6.40. The van der Waals surface area contributed by atoms with Crippen molar-refractivity contribution in [2.45, 2.75) is 52.4 Å². The van der Waals surface area contributed by atoms with Crippen molar-refractivity contribution in [2.24, 2.45) is 0 Å². The highest BCUT2D eigenvalue weighted by Gasteiger charge is 2.07. The van der Waals surface area contributed by atoms with Crippen molar-refractivity contribution < 1.29 is 9.47 Å². The van der Waals surface area contributed by atoms with E-state index >= 15 is 0 Å². The third-order valence-corrected chi connectivity index (χ3v) is 3.59. The van der Waals surface area contributed by atoms with Crippen LogP contribution in [0.1, 0.15) is 51.5 Å². The topological polar surface area (TPSA) is 21.7 Å². The molecule has 22 heavy (non-hydrogen) atoms. The Morgan fingerprint density at radius 1 is 0.864 bits per heavy atom. The Bertz CT molecular complexity index is 404. The minimum atomic E-state index is 0.764. The molecule has 0 N–H and O–H groups in total. The highest BCUT2D eigenvalue weighted by atomic mass is 16.5. The van der Waals surface area contributed by atoms with E-state index in [1.54, 1.807) is 0 Å². The third kappa shape index (κ3) is 7.69. The standard InChI is InChI=1S/C19H33NO2/c1-5-7-14-21-18-12-11-17(10-9-13-20(3)4)16-19(18)22-15-8-6-2/h11-12,16H,5-10,13-15H2,1-4H3. The van der Waals surface area contributed by atoms with Crippen molar-refractivity contribution >= 4 is 0 Å². The Morgan fingerprint density at radius 3 is 2.09 bits per heavy atom. The van der Waals surface area contributed by atoms with E-state index in [0.717, 1.165) is 69.8 Å². The molecular formula is C19H33NO2. The number of hydrogen-bond acceptors (Lipinski definition) is 3. The Labute approximate surface area is 136 Å². The summed E-state index contributed by atoms with van der Waals surface area (Å²) >= 11 is 0. The molecule has 0 saturated heterocycles. The number of aryl methyl sites for hydroxylation is 1. The summed E-state index contributed by atoms with van der Waals surface area (Å²) in [6.07, 6.45) is 6.70. The monoisotopic (exact) mass is 307 g/mol. The van der Waals surface area contributed by atoms with Gasteiger partial charge in [0.15, 0.2) is 11.5 Å². The molecular weight excluding hydrogens is 274 g/mol. The lowest BCUT2D eigenvalue weighted by Crippen LogP contribution is -2.13. The van der Waals surface area contributed by atoms with Gasteiger partial charge in [-0.25, -0.2) is 0 Å². The minimum absolute atomic E-state index is 0.764. The number of rotatable bonds is 12. The number of hydrogen-bond donors (Lipinski definition) is 0. The van der Waals surface area contributed by atoms with Gasteiger partial charge in [-0.2, -0.15) is 0 Å². The molecule has 1 aromatic carbocycles. The van der Waals surface area contributed by atoms with Gasteiger partial charge in [0.2, 0.25) is 0 Å². The highest BCUT2D eigenvalue weighted by molar-refractivity contribution is 5.43. The van der Waals surface area contributed by atoms with Crippen LogP contribution < -0.4 is 9.47 Å². The summed E-state index contributed by atoms with van der Waals surface area (Å²) in [5, 5.41) is 0. The SMILES string of the molecule is CCCCOc1ccc(CCCN(C)C)cc1OCCCC. The molecule has 126 valence electrons. The Hall–Kier alpha value is -1.22. The van der Waals surface area contributed by atoms with E-state index < -0.39 is 0 Å². The maximum atomic E-state index is 5.94. The Kier molecular flexibility index (Phi) is 9.72. The van der Waals surface area contributed by atoms with Crippen molar-refractivity contribution in [3.05, 3.63) is 23.8 Å². The molecule has 0 amide bonds. The zero-order chi connectivity index (χ0) is 16.2. The van der Waals surface area contributed by atoms with E-state index in [-0.39, 0.29) is 0 Å². The molecule has 0 radical (unpaired) electrons. The quantitative estimate of drug-likeness (QED) is 0.529. The third-order valence-electron chi connectivity index (χ3n) is 3.59. The minimum Gasteiger partial charge on any atom is -0.490 e. The molecule has 0 unspecified atom stereocenters. The van der Waals surface area contributed by atoms with Crippen molar-refractivity contribution in [2.75, 3.05) is 33.9 Å². The fraction of sp³-hybridized carbons (Fsp3) is 0.684. The lowest BCUT2D eigenvalue weighted by Gasteiger charge is -2.15. The molecule has 0 aliphatic carbocycles. The van der Waals surface area contributed by atoms with Gasteiger partial charge in [0.25, 0.3) is 0 Å². The number of benzene rings is 1. The number of nitrogens with zero attached hydrogens (tertiary/aromatic N) is 1. The summed E-state index contributed by atoms with van der Waals surface area (Å²) in [5.74, 6) is 1.80. The first-order valence-electron chi connectivity index (χ1n) is 8.70. The van der Waals surface area contributed by atoms with E-state index in [4.69, 9.17) is 9.47 Å². The molecule has 0 fully saturated rings. The van der Waals surface area contributed by atoms with Gasteiger partial charge in [0, 0.05) is 0 Å². The van der Waals surface area contributed by atoms with Crippen LogP contribution in [0, 0.1) is 0 Å². The molecule has 0 saturated carbocycles. The lowest BCUT2D eigenvalue weighted by atomic mass is 10.1. The fourth-order valence-corrected chi connectivity index (χ4v) is 2.19. The molecule has 0 spiro atoms. The van der Waals surface area contributed by atoms with E-state index in [1.165, 1.54) is 5.56 Å². The van der Waals surface area contributed by atoms with Crippen LogP contribution in [0.25, 0.3) is 0 Å². The summed E-state index contributed by atoms with van der Waals surface area (Å²) in [5.41, 5.74) is 1.33. The molecule has 0 aliphatic heterocycles. The van der Waals surface area contributed by atoms with Crippen molar-refractivity contribution in [1.29, 1.82) is 0 Å². The van der Waals surface area contributed by atoms with E-state index in [2.05, 4.69) is 51.0 Å². The van der Waals surface area contributed by atoms with Crippen LogP contribution in [-0.2, 0) is 6.42 Å². The molecule has 3 nitrogen and oxygen atoms in total. The average Bonchev–Trinajstić information content (AvgIpc) is 2.49. The van der Waals surface area contributed by atoms with Gasteiger partial charge in [-0.1, -0.05) is 32.8 Å². The second kappa shape index (κ2) is 11.4. The van der Waals surface area contributed by atoms with Gasteiger partial charge in [0.1, 0.15) is 0 Å². The molecule has 0 aliphatic rings. The molecule has 0 aromatic heterocycles. The van der Waals surface area contributed by atoms with Gasteiger partial charge in [-0.3, -0.25) is 0 Å². The van der Waals surface area contributed by atoms with E-state index in [9.17, 15) is 0 Å². The van der Waals surface area contributed by atoms with Crippen molar-refractivity contribution in [3.63, 3.8) is 0 Å². The van der Waals surface area contributed by atoms with Crippen molar-refractivity contribution in [3.8, 4) is 11.5 Å². The van der Waals surface area contributed by atoms with Crippen LogP contribution in [-0.4, -0.2) is 38.8 Å². The van der Waals surface area contributed by atoms with Crippen LogP contribution in [0.15, 0.2) is 18.2 Å². The molecule has 1 aromatic rings. The molecule has 0 atom stereocenters. The van der Waals surface area contributed by atoms with Gasteiger partial charge >= 0.3 is 0 Å². The van der Waals surface area contributed by atoms with Crippen LogP contribution in [0.3, 0.4) is 0 Å². The Morgan fingerprint density at radius 2 is 1.50 bits per heavy atom. The predicted octanol–water partition coefficient (Wildman–Crippen LogP) is 4.54. The maximum absolute atomic E-state index is 5.94. The van der Waals surface area contributed by atoms with Gasteiger partial charge < -0.3 is 14.4 Å². The second-order valence-electron chi connectivity index (χ2n) is 6.09. The number of ether oxygens (including phenoxy) is 2. The summed E-state index contributed by atoms with van der Waals surface area (Å²) < 4.78 is 11.8. The van der Waals surface area contributed by atoms with Crippen LogP contribution in [0.2, 0.25) is 0 Å². The first-order chi connectivity index (χ1) is 10.7. The van der Waals surface area contributed by atoms with Crippen LogP contribution in [0.5, 0.6) is 11.5 Å². The zero-order valence-electron chi connectivity index (χ0n) is 14.9. The summed E-state index contributed by atoms with van der Waals surface area (Å²) in [6.45, 7) is 7.00. The molecule has 0 heterocycles. The van der Waals surface area contributed by atoms with E-state index in [0.29, 0.717) is 0 Å². The smallest absolute Gasteiger partial charge is 0.161 e. The predicted molar refractivity (Wildman–Crippen MR) is 94.1 cm³/mol. The van der Waals surface area contributed by atoms with E-state index in [1.807, 2.05) is 0 Å². The molecule has 3 heteroatoms. The second-order valence-corrected chi connectivity index (χ2v) is 6.09. The highest BCUT2D eigenvalue weighted by Crippen LogP contribution is 2.29. The average molecular weight is 307 g/mol. The summed E-state index contributed by atoms with van der Waals surface area (Å²) in [7, 11) is 4.23. The largest absolute Gasteiger partial charge is 0.490 e. The van der Waals surface area contributed by atoms with Gasteiger partial charge in [-0.05, 0) is 64.0 Å². The first kappa shape index (κ1) is 18.8. The first-order valence-corrected chi connectivity index (χ1v) is 8.70. The molecule has 1 rings (SSSR count). The van der Waals surface area contributed by atoms with Crippen molar-refractivity contribution in [1.82, 2.24) is 4.90 Å². The van der Waals surface area contributed by atoms with Crippen LogP contribution in [0.4, 0.5) is 0 Å². The summed E-state index contributed by atoms with van der Waals surface area (Å²) in [4.78, 5) is 2.22. The zero-order valence-corrected chi connectivity index (χ0v) is 14.9. The fourth-order valence-electron chi connectivity index (χ4n) is 2.19. The molecule has 0 bridgehead atoms. The normalized spacial score (nSPS) is 11.0. The number of unbranched alkanes of at least 4 members (excludes halogenated alkanes) is 2.